The number of benzene rings is 1. The van der Waals surface area contributed by atoms with Gasteiger partial charge in [0.2, 0.25) is 0 Å². The normalized spacial score (nSPS) is 12.5. The Kier molecular flexibility index (Phi) is 5.09. The molecule has 0 amide bonds. The van der Waals surface area contributed by atoms with E-state index < -0.39 is 17.8 Å². The van der Waals surface area contributed by atoms with Crippen LogP contribution in [0.5, 0.6) is 5.75 Å². The topological polar surface area (TPSA) is 58.6 Å². The highest BCUT2D eigenvalue weighted by Crippen LogP contribution is 2.24. The Morgan fingerprint density at radius 2 is 2.17 bits per heavy atom. The Morgan fingerprint density at radius 3 is 2.61 bits per heavy atom. The molecule has 1 aromatic rings. The molecule has 0 aliphatic rings. The Balaban J connectivity index is 2.91. The summed E-state index contributed by atoms with van der Waals surface area (Å²) in [6.07, 6.45) is -0.204. The van der Waals surface area contributed by atoms with Crippen molar-refractivity contribution in [2.75, 3.05) is 7.05 Å². The molecule has 0 radical (unpaired) electrons. The summed E-state index contributed by atoms with van der Waals surface area (Å²) >= 11 is 0. The molecule has 1 aromatic carbocycles. The number of carbonyl (C=O) groups is 1. The maximum atomic E-state index is 13.7. The number of carboxylic acids is 1. The second-order valence-electron chi connectivity index (χ2n) is 4.30. The van der Waals surface area contributed by atoms with Crippen LogP contribution in [-0.2, 0) is 4.79 Å². The van der Waals surface area contributed by atoms with Crippen LogP contribution < -0.4 is 10.1 Å². The van der Waals surface area contributed by atoms with Crippen molar-refractivity contribution in [2.24, 2.45) is 0 Å². The summed E-state index contributed by atoms with van der Waals surface area (Å²) in [4.78, 5) is 10.7. The van der Waals surface area contributed by atoms with Crippen LogP contribution in [0, 0.1) is 5.82 Å². The van der Waals surface area contributed by atoms with E-state index >= 15 is 0 Å². The smallest absolute Gasteiger partial charge is 0.305 e. The van der Waals surface area contributed by atoms with Gasteiger partial charge in [-0.15, -0.1) is 0 Å². The van der Waals surface area contributed by atoms with Crippen molar-refractivity contribution >= 4 is 5.97 Å². The van der Waals surface area contributed by atoms with Gasteiger partial charge in [0, 0.05) is 6.04 Å². The number of hydrogen-bond donors (Lipinski definition) is 2. The van der Waals surface area contributed by atoms with Gasteiger partial charge in [0.1, 0.15) is 0 Å². The molecule has 1 rings (SSSR count). The van der Waals surface area contributed by atoms with Gasteiger partial charge < -0.3 is 15.2 Å². The van der Waals surface area contributed by atoms with Crippen molar-refractivity contribution in [3.8, 4) is 5.75 Å². The molecule has 5 heteroatoms. The largest absolute Gasteiger partial charge is 0.488 e. The van der Waals surface area contributed by atoms with Gasteiger partial charge >= 0.3 is 5.97 Å². The number of carboxylic acid groups (broad SMARTS) is 1. The lowest BCUT2D eigenvalue weighted by molar-refractivity contribution is -0.137. The molecular weight excluding hydrogens is 237 g/mol. The standard InChI is InChI=1S/C13H18FNO3/c1-8(2)18-12-5-4-9(6-10(12)14)11(15-3)7-13(16)17/h4-6,8,11,15H,7H2,1-3H3,(H,16,17). The maximum Gasteiger partial charge on any atom is 0.305 e. The number of ether oxygens (including phenoxy) is 1. The van der Waals surface area contributed by atoms with E-state index in [4.69, 9.17) is 9.84 Å². The number of nitrogens with one attached hydrogen (secondary N) is 1. The minimum Gasteiger partial charge on any atom is -0.488 e. The fourth-order valence-electron chi connectivity index (χ4n) is 1.64. The van der Waals surface area contributed by atoms with Crippen LogP contribution in [-0.4, -0.2) is 24.2 Å². The summed E-state index contributed by atoms with van der Waals surface area (Å²) in [6.45, 7) is 3.63. The molecule has 0 aromatic heterocycles. The fraction of sp³-hybridized carbons (Fsp3) is 0.462. The van der Waals surface area contributed by atoms with Gasteiger partial charge in [0.15, 0.2) is 11.6 Å². The summed E-state index contributed by atoms with van der Waals surface area (Å²) in [5.74, 6) is -1.23. The number of rotatable bonds is 6. The molecule has 0 bridgehead atoms. The lowest BCUT2D eigenvalue weighted by Crippen LogP contribution is -2.20. The van der Waals surface area contributed by atoms with E-state index in [-0.39, 0.29) is 18.3 Å². The summed E-state index contributed by atoms with van der Waals surface area (Å²) in [5.41, 5.74) is 0.591. The SMILES string of the molecule is CNC(CC(=O)O)c1ccc(OC(C)C)c(F)c1. The molecule has 1 atom stereocenters. The first kappa shape index (κ1) is 14.4. The van der Waals surface area contributed by atoms with Crippen LogP contribution in [0.3, 0.4) is 0 Å². The highest BCUT2D eigenvalue weighted by molar-refractivity contribution is 5.68. The molecule has 0 aliphatic heterocycles. The Bertz CT molecular complexity index is 421. The number of halogens is 1. The van der Waals surface area contributed by atoms with E-state index in [1.807, 2.05) is 13.8 Å². The number of hydrogen-bond acceptors (Lipinski definition) is 3. The van der Waals surface area contributed by atoms with Crippen molar-refractivity contribution in [2.45, 2.75) is 32.4 Å². The first-order valence-corrected chi connectivity index (χ1v) is 5.79. The molecule has 0 heterocycles. The minimum absolute atomic E-state index is 0.0969. The third kappa shape index (κ3) is 4.00. The predicted octanol–water partition coefficient (Wildman–Crippen LogP) is 2.35. The van der Waals surface area contributed by atoms with E-state index in [2.05, 4.69) is 5.32 Å². The van der Waals surface area contributed by atoms with Crippen molar-refractivity contribution < 1.29 is 19.0 Å². The molecule has 0 fully saturated rings. The Labute approximate surface area is 106 Å². The van der Waals surface area contributed by atoms with E-state index in [0.29, 0.717) is 5.56 Å². The molecular formula is C13H18FNO3. The van der Waals surface area contributed by atoms with Crippen molar-refractivity contribution in [3.05, 3.63) is 29.6 Å². The monoisotopic (exact) mass is 255 g/mol. The summed E-state index contributed by atoms with van der Waals surface area (Å²) in [6, 6.07) is 4.09. The minimum atomic E-state index is -0.933. The van der Waals surface area contributed by atoms with Crippen molar-refractivity contribution in [1.29, 1.82) is 0 Å². The number of aliphatic carboxylic acids is 1. The highest BCUT2D eigenvalue weighted by atomic mass is 19.1. The quantitative estimate of drug-likeness (QED) is 0.819. The van der Waals surface area contributed by atoms with Gasteiger partial charge in [-0.25, -0.2) is 4.39 Å². The Hall–Kier alpha value is -1.62. The van der Waals surface area contributed by atoms with Crippen LogP contribution in [0.25, 0.3) is 0 Å². The molecule has 100 valence electrons. The van der Waals surface area contributed by atoms with Gasteiger partial charge in [0.05, 0.1) is 12.5 Å². The Morgan fingerprint density at radius 1 is 1.50 bits per heavy atom. The van der Waals surface area contributed by atoms with Crippen LogP contribution >= 0.6 is 0 Å². The molecule has 0 aliphatic carbocycles. The molecule has 0 saturated carbocycles. The lowest BCUT2D eigenvalue weighted by atomic mass is 10.0. The molecule has 4 nitrogen and oxygen atoms in total. The van der Waals surface area contributed by atoms with Crippen LogP contribution in [0.4, 0.5) is 4.39 Å². The van der Waals surface area contributed by atoms with E-state index in [1.165, 1.54) is 12.1 Å². The van der Waals surface area contributed by atoms with Gasteiger partial charge in [-0.2, -0.15) is 0 Å². The lowest BCUT2D eigenvalue weighted by Gasteiger charge is -2.16. The van der Waals surface area contributed by atoms with Gasteiger partial charge in [-0.3, -0.25) is 4.79 Å². The zero-order valence-electron chi connectivity index (χ0n) is 10.7. The molecule has 18 heavy (non-hydrogen) atoms. The van der Waals surface area contributed by atoms with E-state index in [1.54, 1.807) is 13.1 Å². The summed E-state index contributed by atoms with van der Waals surface area (Å²) in [7, 11) is 1.64. The molecule has 1 unspecified atom stereocenters. The first-order chi connectivity index (χ1) is 8.43. The predicted molar refractivity (Wildman–Crippen MR) is 66.2 cm³/mol. The second kappa shape index (κ2) is 6.35. The van der Waals surface area contributed by atoms with Crippen LogP contribution in [0.2, 0.25) is 0 Å². The van der Waals surface area contributed by atoms with Crippen LogP contribution in [0.1, 0.15) is 31.9 Å². The molecule has 0 saturated heterocycles. The zero-order chi connectivity index (χ0) is 13.7. The highest BCUT2D eigenvalue weighted by Gasteiger charge is 2.16. The average Bonchev–Trinajstić information content (AvgIpc) is 2.28. The third-order valence-electron chi connectivity index (χ3n) is 2.45. The first-order valence-electron chi connectivity index (χ1n) is 5.79. The summed E-state index contributed by atoms with van der Waals surface area (Å²) in [5, 5.41) is 11.6. The molecule has 2 N–H and O–H groups in total. The fourth-order valence-corrected chi connectivity index (χ4v) is 1.64. The second-order valence-corrected chi connectivity index (χ2v) is 4.30. The van der Waals surface area contributed by atoms with Crippen LogP contribution in [0.15, 0.2) is 18.2 Å². The van der Waals surface area contributed by atoms with E-state index in [9.17, 15) is 9.18 Å². The average molecular weight is 255 g/mol. The van der Waals surface area contributed by atoms with Crippen molar-refractivity contribution in [1.82, 2.24) is 5.32 Å². The van der Waals surface area contributed by atoms with Crippen molar-refractivity contribution in [3.63, 3.8) is 0 Å². The van der Waals surface area contributed by atoms with Gasteiger partial charge in [0.25, 0.3) is 0 Å². The molecule has 0 spiro atoms. The summed E-state index contributed by atoms with van der Waals surface area (Å²) < 4.78 is 19.0. The zero-order valence-corrected chi connectivity index (χ0v) is 10.7. The third-order valence-corrected chi connectivity index (χ3v) is 2.45. The van der Waals surface area contributed by atoms with E-state index in [0.717, 1.165) is 0 Å². The maximum absolute atomic E-state index is 13.7. The van der Waals surface area contributed by atoms with Gasteiger partial charge in [-0.05, 0) is 38.6 Å². The van der Waals surface area contributed by atoms with Gasteiger partial charge in [-0.1, -0.05) is 6.07 Å².